The maximum atomic E-state index is 11.6. The molecule has 0 heterocycles. The number of rotatable bonds is 7. The number of allylic oxidation sites excluding steroid dienone is 3. The van der Waals surface area contributed by atoms with E-state index in [0.717, 1.165) is 11.1 Å². The first kappa shape index (κ1) is 24.9. The van der Waals surface area contributed by atoms with Crippen LogP contribution in [0.4, 0.5) is 0 Å². The van der Waals surface area contributed by atoms with E-state index in [1.807, 2.05) is 36.4 Å². The molecule has 0 fully saturated rings. The van der Waals surface area contributed by atoms with Gasteiger partial charge in [-0.1, -0.05) is 103 Å². The van der Waals surface area contributed by atoms with Gasteiger partial charge in [0.05, 0.1) is 7.11 Å². The fourth-order valence-corrected chi connectivity index (χ4v) is 7.94. The summed E-state index contributed by atoms with van der Waals surface area (Å²) in [5.41, 5.74) is 1.85. The molecule has 0 spiro atoms. The average Bonchev–Trinajstić information content (AvgIpc) is 2.96. The van der Waals surface area contributed by atoms with Gasteiger partial charge in [-0.25, -0.2) is 4.79 Å². The molecule has 4 rings (SSSR count). The van der Waals surface area contributed by atoms with E-state index in [9.17, 15) is 4.79 Å². The number of ether oxygens (including phenoxy) is 1. The molecular formula is C33H28O2P+. The SMILES string of the molecule is COC(=O)/C=C/C=C(\C#CC[P+](c1ccccc1)(c1ccccc1)c1ccccc1)c1ccccc1. The van der Waals surface area contributed by atoms with Crippen LogP contribution in [-0.2, 0) is 9.53 Å². The van der Waals surface area contributed by atoms with Crippen molar-refractivity contribution in [1.82, 2.24) is 0 Å². The van der Waals surface area contributed by atoms with Crippen molar-refractivity contribution in [3.05, 3.63) is 145 Å². The summed E-state index contributed by atoms with van der Waals surface area (Å²) in [6.07, 6.45) is 5.65. The number of methoxy groups -OCH3 is 1. The summed E-state index contributed by atoms with van der Waals surface area (Å²) in [6.45, 7) is 0. The van der Waals surface area contributed by atoms with Gasteiger partial charge in [-0.15, -0.1) is 0 Å². The van der Waals surface area contributed by atoms with Crippen molar-refractivity contribution in [2.75, 3.05) is 13.3 Å². The predicted molar refractivity (Wildman–Crippen MR) is 153 cm³/mol. The van der Waals surface area contributed by atoms with Crippen molar-refractivity contribution >= 4 is 34.7 Å². The van der Waals surface area contributed by atoms with Crippen LogP contribution >= 0.6 is 7.26 Å². The molecule has 0 N–H and O–H groups in total. The minimum Gasteiger partial charge on any atom is -0.466 e. The third-order valence-corrected chi connectivity index (χ3v) is 10.1. The van der Waals surface area contributed by atoms with Gasteiger partial charge in [0.25, 0.3) is 0 Å². The number of hydrogen-bond acceptors (Lipinski definition) is 2. The fourth-order valence-electron chi connectivity index (χ4n) is 4.14. The Labute approximate surface area is 214 Å². The van der Waals surface area contributed by atoms with Crippen molar-refractivity contribution in [3.8, 4) is 11.8 Å². The van der Waals surface area contributed by atoms with E-state index >= 15 is 0 Å². The molecule has 0 aliphatic rings. The van der Waals surface area contributed by atoms with E-state index in [1.165, 1.54) is 29.1 Å². The molecule has 0 bridgehead atoms. The van der Waals surface area contributed by atoms with Gasteiger partial charge in [-0.2, -0.15) is 0 Å². The van der Waals surface area contributed by atoms with Gasteiger partial charge >= 0.3 is 5.97 Å². The third-order valence-electron chi connectivity index (χ3n) is 5.91. The van der Waals surface area contributed by atoms with Crippen LogP contribution in [0.3, 0.4) is 0 Å². The summed E-state index contributed by atoms with van der Waals surface area (Å²) in [7, 11) is -0.671. The van der Waals surface area contributed by atoms with Crippen LogP contribution in [0.15, 0.2) is 140 Å². The summed E-state index contributed by atoms with van der Waals surface area (Å²) < 4.78 is 4.72. The van der Waals surface area contributed by atoms with E-state index in [2.05, 4.69) is 103 Å². The molecule has 0 unspecified atom stereocenters. The second-order valence-electron chi connectivity index (χ2n) is 8.10. The minimum atomic E-state index is -2.04. The lowest BCUT2D eigenvalue weighted by Gasteiger charge is -2.25. The highest BCUT2D eigenvalue weighted by Crippen LogP contribution is 2.54. The van der Waals surface area contributed by atoms with Gasteiger partial charge in [0, 0.05) is 11.6 Å². The molecule has 4 aromatic carbocycles. The zero-order chi connectivity index (χ0) is 25.1. The normalized spacial score (nSPS) is 11.5. The lowest BCUT2D eigenvalue weighted by Crippen LogP contribution is -2.33. The molecular weight excluding hydrogens is 459 g/mol. The van der Waals surface area contributed by atoms with Crippen molar-refractivity contribution in [2.24, 2.45) is 0 Å². The van der Waals surface area contributed by atoms with E-state index in [1.54, 1.807) is 6.08 Å². The van der Waals surface area contributed by atoms with E-state index in [4.69, 9.17) is 4.74 Å². The molecule has 3 heteroatoms. The van der Waals surface area contributed by atoms with Crippen LogP contribution in [0.1, 0.15) is 5.56 Å². The Hall–Kier alpha value is -4.18. The van der Waals surface area contributed by atoms with Crippen molar-refractivity contribution < 1.29 is 9.53 Å². The zero-order valence-corrected chi connectivity index (χ0v) is 21.1. The highest BCUT2D eigenvalue weighted by Gasteiger charge is 2.44. The first-order valence-corrected chi connectivity index (χ1v) is 13.8. The molecule has 0 aliphatic heterocycles. The molecule has 0 saturated heterocycles. The van der Waals surface area contributed by atoms with Gasteiger partial charge in [-0.05, 0) is 48.0 Å². The van der Waals surface area contributed by atoms with Gasteiger partial charge in [0.2, 0.25) is 0 Å². The maximum Gasteiger partial charge on any atom is 0.330 e. The molecule has 2 nitrogen and oxygen atoms in total. The quantitative estimate of drug-likeness (QED) is 0.108. The topological polar surface area (TPSA) is 26.3 Å². The molecule has 0 aliphatic carbocycles. The number of esters is 1. The molecule has 36 heavy (non-hydrogen) atoms. The number of hydrogen-bond donors (Lipinski definition) is 0. The van der Waals surface area contributed by atoms with Crippen LogP contribution in [0, 0.1) is 11.8 Å². The fraction of sp³-hybridized carbons (Fsp3) is 0.0606. The molecule has 0 saturated carbocycles. The average molecular weight is 488 g/mol. The van der Waals surface area contributed by atoms with Crippen LogP contribution in [-0.4, -0.2) is 19.2 Å². The Morgan fingerprint density at radius 3 is 1.61 bits per heavy atom. The summed E-state index contributed by atoms with van der Waals surface area (Å²) in [6, 6.07) is 42.2. The monoisotopic (exact) mass is 487 g/mol. The Morgan fingerprint density at radius 1 is 0.722 bits per heavy atom. The van der Waals surface area contributed by atoms with Gasteiger partial charge in [0.1, 0.15) is 29.3 Å². The van der Waals surface area contributed by atoms with Crippen molar-refractivity contribution in [3.63, 3.8) is 0 Å². The van der Waals surface area contributed by atoms with Gasteiger partial charge < -0.3 is 4.74 Å². The smallest absolute Gasteiger partial charge is 0.330 e. The first-order chi connectivity index (χ1) is 17.7. The van der Waals surface area contributed by atoms with Crippen LogP contribution < -0.4 is 15.9 Å². The van der Waals surface area contributed by atoms with Crippen molar-refractivity contribution in [1.29, 1.82) is 0 Å². The van der Waals surface area contributed by atoms with Gasteiger partial charge in [0.15, 0.2) is 0 Å². The Morgan fingerprint density at radius 2 is 1.17 bits per heavy atom. The third kappa shape index (κ3) is 5.89. The first-order valence-electron chi connectivity index (χ1n) is 11.8. The van der Waals surface area contributed by atoms with E-state index < -0.39 is 13.2 Å². The highest BCUT2D eigenvalue weighted by molar-refractivity contribution is 7.95. The van der Waals surface area contributed by atoms with E-state index in [-0.39, 0.29) is 0 Å². The van der Waals surface area contributed by atoms with E-state index in [0.29, 0.717) is 6.16 Å². The van der Waals surface area contributed by atoms with Crippen LogP contribution in [0.25, 0.3) is 5.57 Å². The number of carbonyl (C=O) groups excluding carboxylic acids is 1. The van der Waals surface area contributed by atoms with Crippen molar-refractivity contribution in [2.45, 2.75) is 0 Å². The largest absolute Gasteiger partial charge is 0.466 e. The van der Waals surface area contributed by atoms with Gasteiger partial charge in [-0.3, -0.25) is 0 Å². The molecule has 0 amide bonds. The number of benzene rings is 4. The van der Waals surface area contributed by atoms with Crippen LogP contribution in [0.2, 0.25) is 0 Å². The maximum absolute atomic E-state index is 11.6. The molecule has 176 valence electrons. The summed E-state index contributed by atoms with van der Waals surface area (Å²) in [5, 5.41) is 3.90. The number of carbonyl (C=O) groups is 1. The van der Waals surface area contributed by atoms with Crippen LogP contribution in [0.5, 0.6) is 0 Å². The second-order valence-corrected chi connectivity index (χ2v) is 11.6. The predicted octanol–water partition coefficient (Wildman–Crippen LogP) is 5.80. The summed E-state index contributed by atoms with van der Waals surface area (Å²) in [5.74, 6) is 6.59. The zero-order valence-electron chi connectivity index (χ0n) is 20.2. The lowest BCUT2D eigenvalue weighted by atomic mass is 10.1. The molecule has 0 aromatic heterocycles. The molecule has 4 aromatic rings. The highest BCUT2D eigenvalue weighted by atomic mass is 31.2. The Kier molecular flexibility index (Phi) is 8.66. The lowest BCUT2D eigenvalue weighted by molar-refractivity contribution is -0.134. The summed E-state index contributed by atoms with van der Waals surface area (Å²) in [4.78, 5) is 11.6. The molecule has 0 atom stereocenters. The Balaban J connectivity index is 1.84. The summed E-state index contributed by atoms with van der Waals surface area (Å²) >= 11 is 0. The second kappa shape index (κ2) is 12.5. The standard InChI is InChI=1S/C33H28O2P/c1-35-33(34)26-14-18-29(28-16-6-2-7-17-28)19-15-27-36(30-20-8-3-9-21-30,31-22-10-4-11-23-31)32-24-12-5-13-25-32/h2-14,16-18,20-26H,27H2,1H3/q+1/b26-14+,29-18+. The molecule has 0 radical (unpaired) electrons. The minimum absolute atomic E-state index is 0.395. The Bertz CT molecular complexity index is 1280.